The molecule has 0 fully saturated rings. The Labute approximate surface area is 78.3 Å². The summed E-state index contributed by atoms with van der Waals surface area (Å²) in [6.07, 6.45) is 1.63. The van der Waals surface area contributed by atoms with Gasteiger partial charge in [-0.05, 0) is 23.7 Å². The highest BCUT2D eigenvalue weighted by Crippen LogP contribution is 2.19. The monoisotopic (exact) mass is 194 g/mol. The van der Waals surface area contributed by atoms with Crippen molar-refractivity contribution in [2.75, 3.05) is 7.11 Å². The normalized spacial score (nSPS) is 10.2. The lowest BCUT2D eigenvalue weighted by atomic mass is 10.3. The summed E-state index contributed by atoms with van der Waals surface area (Å²) in [7, 11) is 1.34. The Hall–Kier alpha value is -1.49. The lowest BCUT2D eigenvalue weighted by molar-refractivity contribution is 0.0608. The predicted octanol–water partition coefficient (Wildman–Crippen LogP) is 1.48. The summed E-state index contributed by atoms with van der Waals surface area (Å²) in [5, 5.41) is 0. The van der Waals surface area contributed by atoms with Gasteiger partial charge in [0.05, 0.1) is 7.11 Å². The molecule has 0 aromatic carbocycles. The van der Waals surface area contributed by atoms with E-state index in [9.17, 15) is 4.79 Å². The zero-order valence-electron chi connectivity index (χ0n) is 6.85. The molecule has 2 rings (SSSR count). The number of hydrogen-bond acceptors (Lipinski definition) is 5. The highest BCUT2D eigenvalue weighted by Gasteiger charge is 2.14. The Morgan fingerprint density at radius 3 is 3.23 bits per heavy atom. The Balaban J connectivity index is 2.64. The number of aromatic nitrogens is 2. The van der Waals surface area contributed by atoms with Gasteiger partial charge in [0.15, 0.2) is 4.88 Å². The molecule has 13 heavy (non-hydrogen) atoms. The molecule has 0 aliphatic carbocycles. The molecule has 0 unspecified atom stereocenters. The standard InChI is InChI=1S/C8H6N2O2S/c1-12-8(11)7-6-5(10-13-7)3-2-4-9-6/h2-4H,1H3. The van der Waals surface area contributed by atoms with Gasteiger partial charge in [-0.1, -0.05) is 0 Å². The van der Waals surface area contributed by atoms with Crippen LogP contribution < -0.4 is 0 Å². The van der Waals surface area contributed by atoms with Gasteiger partial charge in [-0.25, -0.2) is 4.79 Å². The molecule has 0 saturated carbocycles. The molecular weight excluding hydrogens is 188 g/mol. The van der Waals surface area contributed by atoms with E-state index in [1.54, 1.807) is 12.3 Å². The van der Waals surface area contributed by atoms with E-state index in [-0.39, 0.29) is 5.97 Å². The fraction of sp³-hybridized carbons (Fsp3) is 0.125. The molecule has 0 atom stereocenters. The van der Waals surface area contributed by atoms with E-state index in [0.717, 1.165) is 17.0 Å². The number of carbonyl (C=O) groups excluding carboxylic acids is 1. The molecule has 2 heterocycles. The number of esters is 1. The lowest BCUT2D eigenvalue weighted by Gasteiger charge is -1.92. The van der Waals surface area contributed by atoms with Gasteiger partial charge in [0.2, 0.25) is 0 Å². The first-order valence-corrected chi connectivity index (χ1v) is 4.39. The van der Waals surface area contributed by atoms with Crippen LogP contribution in [0, 0.1) is 0 Å². The third-order valence-corrected chi connectivity index (χ3v) is 2.44. The van der Waals surface area contributed by atoms with Crippen LogP contribution in [0.3, 0.4) is 0 Å². The van der Waals surface area contributed by atoms with Crippen LogP contribution in [0.2, 0.25) is 0 Å². The fourth-order valence-corrected chi connectivity index (χ4v) is 1.75. The maximum Gasteiger partial charge on any atom is 0.351 e. The molecule has 2 aromatic heterocycles. The average Bonchev–Trinajstić information content (AvgIpc) is 2.60. The van der Waals surface area contributed by atoms with Crippen molar-refractivity contribution in [2.45, 2.75) is 0 Å². The van der Waals surface area contributed by atoms with Gasteiger partial charge in [0.25, 0.3) is 0 Å². The maximum atomic E-state index is 11.2. The molecule has 0 aliphatic rings. The van der Waals surface area contributed by atoms with Gasteiger partial charge in [-0.3, -0.25) is 4.98 Å². The van der Waals surface area contributed by atoms with Crippen LogP contribution in [0.15, 0.2) is 18.3 Å². The Bertz CT molecular complexity index is 452. The summed E-state index contributed by atoms with van der Waals surface area (Å²) in [6.45, 7) is 0. The van der Waals surface area contributed by atoms with Gasteiger partial charge >= 0.3 is 5.97 Å². The van der Waals surface area contributed by atoms with Crippen molar-refractivity contribution in [3.8, 4) is 0 Å². The molecule has 5 heteroatoms. The zero-order valence-corrected chi connectivity index (χ0v) is 7.67. The van der Waals surface area contributed by atoms with Crippen molar-refractivity contribution in [1.82, 2.24) is 9.36 Å². The van der Waals surface area contributed by atoms with Crippen LogP contribution >= 0.6 is 11.5 Å². The van der Waals surface area contributed by atoms with Gasteiger partial charge in [-0.15, -0.1) is 0 Å². The van der Waals surface area contributed by atoms with Crippen molar-refractivity contribution < 1.29 is 9.53 Å². The minimum atomic E-state index is -0.383. The zero-order chi connectivity index (χ0) is 9.26. The molecule has 2 aromatic rings. The van der Waals surface area contributed by atoms with Gasteiger partial charge < -0.3 is 4.74 Å². The van der Waals surface area contributed by atoms with Crippen LogP contribution in [0.1, 0.15) is 9.67 Å². The number of ether oxygens (including phenoxy) is 1. The fourth-order valence-electron chi connectivity index (χ4n) is 1.01. The quantitative estimate of drug-likeness (QED) is 0.645. The van der Waals surface area contributed by atoms with E-state index in [2.05, 4.69) is 14.1 Å². The van der Waals surface area contributed by atoms with Crippen LogP contribution in [0.5, 0.6) is 0 Å². The number of pyridine rings is 1. The summed E-state index contributed by atoms with van der Waals surface area (Å²) in [5.41, 5.74) is 1.34. The van der Waals surface area contributed by atoms with Gasteiger partial charge in [-0.2, -0.15) is 4.37 Å². The SMILES string of the molecule is COC(=O)c1snc2cccnc12. The molecule has 0 aliphatic heterocycles. The smallest absolute Gasteiger partial charge is 0.351 e. The second-order valence-corrected chi connectivity index (χ2v) is 3.15. The molecule has 4 nitrogen and oxygen atoms in total. The Morgan fingerprint density at radius 1 is 1.62 bits per heavy atom. The van der Waals surface area contributed by atoms with E-state index in [4.69, 9.17) is 0 Å². The van der Waals surface area contributed by atoms with Crippen molar-refractivity contribution in [3.63, 3.8) is 0 Å². The van der Waals surface area contributed by atoms with E-state index < -0.39 is 0 Å². The molecule has 0 saturated heterocycles. The number of carbonyl (C=O) groups is 1. The summed E-state index contributed by atoms with van der Waals surface area (Å²) in [5.74, 6) is -0.383. The summed E-state index contributed by atoms with van der Waals surface area (Å²) < 4.78 is 8.66. The first kappa shape index (κ1) is 8.12. The van der Waals surface area contributed by atoms with Crippen LogP contribution in [-0.4, -0.2) is 22.4 Å². The van der Waals surface area contributed by atoms with Gasteiger partial charge in [0, 0.05) is 6.20 Å². The molecule has 0 amide bonds. The summed E-state index contributed by atoms with van der Waals surface area (Å²) in [4.78, 5) is 15.7. The van der Waals surface area contributed by atoms with Crippen LogP contribution in [0.25, 0.3) is 11.0 Å². The summed E-state index contributed by atoms with van der Waals surface area (Å²) >= 11 is 1.11. The van der Waals surface area contributed by atoms with E-state index in [0.29, 0.717) is 10.4 Å². The van der Waals surface area contributed by atoms with E-state index in [1.807, 2.05) is 6.07 Å². The number of methoxy groups -OCH3 is 1. The van der Waals surface area contributed by atoms with Crippen molar-refractivity contribution in [2.24, 2.45) is 0 Å². The number of rotatable bonds is 1. The molecule has 66 valence electrons. The average molecular weight is 194 g/mol. The lowest BCUT2D eigenvalue weighted by Crippen LogP contribution is -1.98. The molecular formula is C8H6N2O2S. The molecule has 0 bridgehead atoms. The van der Waals surface area contributed by atoms with E-state index >= 15 is 0 Å². The van der Waals surface area contributed by atoms with Crippen LogP contribution in [-0.2, 0) is 4.74 Å². The molecule has 0 radical (unpaired) electrons. The number of fused-ring (bicyclic) bond motifs is 1. The topological polar surface area (TPSA) is 52.1 Å². The largest absolute Gasteiger partial charge is 0.465 e. The highest BCUT2D eigenvalue weighted by atomic mass is 32.1. The van der Waals surface area contributed by atoms with E-state index in [1.165, 1.54) is 7.11 Å². The number of nitrogens with zero attached hydrogens (tertiary/aromatic N) is 2. The minimum absolute atomic E-state index is 0.383. The number of hydrogen-bond donors (Lipinski definition) is 0. The van der Waals surface area contributed by atoms with Crippen molar-refractivity contribution in [1.29, 1.82) is 0 Å². The Kier molecular flexibility index (Phi) is 1.94. The third-order valence-electron chi connectivity index (χ3n) is 1.61. The second-order valence-electron chi connectivity index (χ2n) is 2.37. The summed E-state index contributed by atoms with van der Waals surface area (Å²) in [6, 6.07) is 3.59. The van der Waals surface area contributed by atoms with Crippen molar-refractivity contribution in [3.05, 3.63) is 23.2 Å². The molecule has 0 spiro atoms. The minimum Gasteiger partial charge on any atom is -0.465 e. The Morgan fingerprint density at radius 2 is 2.46 bits per heavy atom. The second kappa shape index (κ2) is 3.10. The highest BCUT2D eigenvalue weighted by molar-refractivity contribution is 7.09. The third kappa shape index (κ3) is 1.27. The first-order valence-electron chi connectivity index (χ1n) is 3.61. The maximum absolute atomic E-state index is 11.2. The molecule has 0 N–H and O–H groups in total. The van der Waals surface area contributed by atoms with Gasteiger partial charge in [0.1, 0.15) is 11.0 Å². The predicted molar refractivity (Wildman–Crippen MR) is 48.8 cm³/mol. The first-order chi connectivity index (χ1) is 6.33. The van der Waals surface area contributed by atoms with Crippen molar-refractivity contribution >= 4 is 28.5 Å². The van der Waals surface area contributed by atoms with Crippen LogP contribution in [0.4, 0.5) is 0 Å².